The first-order valence-electron chi connectivity index (χ1n) is 19.0. The lowest BCUT2D eigenvalue weighted by Crippen LogP contribution is -2.36. The normalized spacial score (nSPS) is 12.1. The molecule has 1 aliphatic rings. The minimum absolute atomic E-state index is 0.0291. The topological polar surface area (TPSA) is 143 Å². The monoisotopic (exact) mass is 720 g/mol. The van der Waals surface area contributed by atoms with Gasteiger partial charge in [0.15, 0.2) is 0 Å². The molecule has 0 bridgehead atoms. The van der Waals surface area contributed by atoms with Crippen molar-refractivity contribution in [2.45, 2.75) is 142 Å². The Hall–Kier alpha value is -2.52. The van der Waals surface area contributed by atoms with Crippen LogP contribution in [0.25, 0.3) is 0 Å². The first-order chi connectivity index (χ1) is 24.1. The molecule has 0 aliphatic carbocycles. The van der Waals surface area contributed by atoms with Crippen molar-refractivity contribution in [3.8, 4) is 5.40 Å². The molecule has 1 heterocycles. The van der Waals surface area contributed by atoms with Gasteiger partial charge in [0, 0.05) is 31.9 Å². The Morgan fingerprint density at radius 2 is 1.06 bits per heavy atom. The van der Waals surface area contributed by atoms with Crippen LogP contribution in [0.5, 0.6) is 0 Å². The SMILES string of the molecule is CCCCCNC(=O)NCCCC/C=C\CCCCCSC#N.CCCCCNC(=O)NCCCC/C=C\CCCCCSC1=NN=NC1. The fourth-order valence-electron chi connectivity index (χ4n) is 4.60. The number of urea groups is 2. The van der Waals surface area contributed by atoms with E-state index in [4.69, 9.17) is 5.26 Å². The van der Waals surface area contributed by atoms with Crippen LogP contribution in [0, 0.1) is 10.7 Å². The van der Waals surface area contributed by atoms with Gasteiger partial charge in [0.25, 0.3) is 0 Å². The van der Waals surface area contributed by atoms with E-state index in [9.17, 15) is 9.59 Å². The van der Waals surface area contributed by atoms with Crippen molar-refractivity contribution >= 4 is 40.6 Å². The van der Waals surface area contributed by atoms with Gasteiger partial charge in [-0.3, -0.25) is 0 Å². The first kappa shape index (κ1) is 46.5. The number of carbonyl (C=O) groups excluding carboxylic acids is 2. The summed E-state index contributed by atoms with van der Waals surface area (Å²) in [5.41, 5.74) is 0. The van der Waals surface area contributed by atoms with Gasteiger partial charge in [-0.25, -0.2) is 9.59 Å². The average molecular weight is 721 g/mol. The number of nitriles is 1. The third-order valence-electron chi connectivity index (χ3n) is 7.52. The number of thioether (sulfide) groups is 2. The van der Waals surface area contributed by atoms with Crippen molar-refractivity contribution in [3.05, 3.63) is 24.3 Å². The van der Waals surface area contributed by atoms with E-state index in [1.165, 1.54) is 69.5 Å². The second-order valence-electron chi connectivity index (χ2n) is 12.1. The van der Waals surface area contributed by atoms with Crippen molar-refractivity contribution in [1.29, 1.82) is 5.26 Å². The molecule has 12 heteroatoms. The Kier molecular flexibility index (Phi) is 37.9. The standard InChI is InChI=1S/C19H35N5OS.C18H33N3OS/c1-2-3-11-14-20-19(25)21-15-12-9-7-5-4-6-8-10-13-16-26-18-17-22-24-23-18;1-2-3-11-14-20-18(22)21-15-12-9-7-5-4-6-8-10-13-16-23-17-19/h4-5H,2-3,6-17H2,1H3,(H2,20,21,25);4-5H,2-3,6-16H2,1H3,(H2,20,21,22)/b2*5-4-. The minimum Gasteiger partial charge on any atom is -0.338 e. The Morgan fingerprint density at radius 1 is 0.633 bits per heavy atom. The third kappa shape index (κ3) is 38.1. The summed E-state index contributed by atoms with van der Waals surface area (Å²) < 4.78 is 0. The van der Waals surface area contributed by atoms with E-state index in [-0.39, 0.29) is 12.1 Å². The molecule has 0 aromatic heterocycles. The second-order valence-corrected chi connectivity index (χ2v) is 14.1. The first-order valence-corrected chi connectivity index (χ1v) is 21.0. The Labute approximate surface area is 307 Å². The number of carbonyl (C=O) groups is 2. The highest BCUT2D eigenvalue weighted by Crippen LogP contribution is 2.13. The van der Waals surface area contributed by atoms with E-state index in [2.05, 4.69) is 80.3 Å². The van der Waals surface area contributed by atoms with Crippen molar-refractivity contribution in [1.82, 2.24) is 21.3 Å². The lowest BCUT2D eigenvalue weighted by Gasteiger charge is -2.06. The molecule has 0 fully saturated rings. The van der Waals surface area contributed by atoms with Crippen molar-refractivity contribution in [3.63, 3.8) is 0 Å². The molecule has 0 unspecified atom stereocenters. The third-order valence-corrected chi connectivity index (χ3v) is 9.18. The summed E-state index contributed by atoms with van der Waals surface area (Å²) in [4.78, 5) is 23.0. The van der Waals surface area contributed by atoms with Gasteiger partial charge in [-0.05, 0) is 113 Å². The maximum atomic E-state index is 11.5. The van der Waals surface area contributed by atoms with E-state index in [1.807, 2.05) is 0 Å². The molecule has 280 valence electrons. The van der Waals surface area contributed by atoms with Gasteiger partial charge in [-0.1, -0.05) is 76.7 Å². The number of hydrogen-bond donors (Lipinski definition) is 4. The number of nitrogens with one attached hydrogen (secondary N) is 4. The number of unbranched alkanes of at least 4 members (excludes halogenated alkanes) is 14. The number of allylic oxidation sites excluding steroid dienone is 4. The quantitative estimate of drug-likeness (QED) is 0.0332. The van der Waals surface area contributed by atoms with Crippen LogP contribution in [0.3, 0.4) is 0 Å². The zero-order chi connectivity index (χ0) is 35.7. The van der Waals surface area contributed by atoms with Crippen LogP contribution in [-0.4, -0.2) is 61.3 Å². The molecular weight excluding hydrogens is 653 g/mol. The van der Waals surface area contributed by atoms with Crippen LogP contribution >= 0.6 is 23.5 Å². The molecule has 0 spiro atoms. The van der Waals surface area contributed by atoms with Crippen LogP contribution in [0.15, 0.2) is 39.7 Å². The largest absolute Gasteiger partial charge is 0.338 e. The van der Waals surface area contributed by atoms with Crippen LogP contribution in [0.1, 0.15) is 142 Å². The van der Waals surface area contributed by atoms with Gasteiger partial charge < -0.3 is 21.3 Å². The summed E-state index contributed by atoms with van der Waals surface area (Å²) in [6.45, 7) is 8.06. The predicted molar refractivity (Wildman–Crippen MR) is 212 cm³/mol. The molecular formula is C37H68N8O2S2. The molecule has 1 rings (SSSR count). The molecule has 4 amide bonds. The van der Waals surface area contributed by atoms with E-state index >= 15 is 0 Å². The lowest BCUT2D eigenvalue weighted by atomic mass is 10.1. The van der Waals surface area contributed by atoms with Gasteiger partial charge in [-0.2, -0.15) is 10.4 Å². The van der Waals surface area contributed by atoms with Gasteiger partial charge >= 0.3 is 12.1 Å². The smallest absolute Gasteiger partial charge is 0.314 e. The van der Waals surface area contributed by atoms with E-state index < -0.39 is 0 Å². The summed E-state index contributed by atoms with van der Waals surface area (Å²) in [5, 5.41) is 34.5. The number of rotatable bonds is 30. The molecule has 1 aliphatic heterocycles. The summed E-state index contributed by atoms with van der Waals surface area (Å²) in [7, 11) is 0. The summed E-state index contributed by atoms with van der Waals surface area (Å²) in [6.07, 6.45) is 32.0. The minimum atomic E-state index is -0.0359. The highest BCUT2D eigenvalue weighted by Gasteiger charge is 2.03. The van der Waals surface area contributed by atoms with Gasteiger partial charge in [-0.15, -0.1) is 16.9 Å². The summed E-state index contributed by atoms with van der Waals surface area (Å²) >= 11 is 3.13. The lowest BCUT2D eigenvalue weighted by molar-refractivity contribution is 0.239. The Bertz CT molecular complexity index is 938. The van der Waals surface area contributed by atoms with Crippen molar-refractivity contribution in [2.24, 2.45) is 15.4 Å². The Balaban J connectivity index is 0.000000949. The fourth-order valence-corrected chi connectivity index (χ4v) is 5.87. The predicted octanol–water partition coefficient (Wildman–Crippen LogP) is 10.3. The van der Waals surface area contributed by atoms with Crippen molar-refractivity contribution < 1.29 is 9.59 Å². The van der Waals surface area contributed by atoms with Crippen LogP contribution < -0.4 is 21.3 Å². The number of thiocyanates is 1. The number of nitrogens with zero attached hydrogens (tertiary/aromatic N) is 4. The maximum absolute atomic E-state index is 11.5. The molecule has 0 saturated carbocycles. The molecule has 0 radical (unpaired) electrons. The zero-order valence-electron chi connectivity index (χ0n) is 30.8. The van der Waals surface area contributed by atoms with E-state index in [1.54, 1.807) is 11.8 Å². The van der Waals surface area contributed by atoms with E-state index in [0.717, 1.165) is 113 Å². The highest BCUT2D eigenvalue weighted by atomic mass is 32.2. The van der Waals surface area contributed by atoms with Crippen LogP contribution in [0.2, 0.25) is 0 Å². The Morgan fingerprint density at radius 3 is 1.47 bits per heavy atom. The molecule has 0 saturated heterocycles. The molecule has 4 N–H and O–H groups in total. The zero-order valence-corrected chi connectivity index (χ0v) is 32.5. The van der Waals surface area contributed by atoms with Crippen LogP contribution in [-0.2, 0) is 0 Å². The van der Waals surface area contributed by atoms with E-state index in [0.29, 0.717) is 6.54 Å². The van der Waals surface area contributed by atoms with Gasteiger partial charge in [0.2, 0.25) is 0 Å². The molecule has 49 heavy (non-hydrogen) atoms. The summed E-state index contributed by atoms with van der Waals surface area (Å²) in [5.74, 6) is 2.08. The van der Waals surface area contributed by atoms with Gasteiger partial charge in [0.1, 0.15) is 17.0 Å². The fraction of sp³-hybridized carbons (Fsp3) is 0.784. The van der Waals surface area contributed by atoms with Crippen LogP contribution in [0.4, 0.5) is 9.59 Å². The summed E-state index contributed by atoms with van der Waals surface area (Å²) in [6, 6.07) is -0.0650. The molecule has 0 aromatic rings. The highest BCUT2D eigenvalue weighted by molar-refractivity contribution is 8.14. The van der Waals surface area contributed by atoms with Gasteiger partial charge in [0.05, 0.1) is 0 Å². The van der Waals surface area contributed by atoms with Crippen molar-refractivity contribution in [2.75, 3.05) is 44.2 Å². The molecule has 0 atom stereocenters. The average Bonchev–Trinajstić information content (AvgIpc) is 3.63. The molecule has 10 nitrogen and oxygen atoms in total. The number of amides is 4. The second kappa shape index (κ2) is 39.9. The maximum Gasteiger partial charge on any atom is 0.314 e. The number of hydrogen-bond acceptors (Lipinski definition) is 8. The molecule has 0 aromatic carbocycles.